The molecular formula is C20H21N3O. The number of benzene rings is 2. The standard InChI is InChI=1S/C20H21N3O/c1-15-5-7-16(8-6-15)13-22-19-9-10-23(20(19)24)14-18-4-2-3-17(11-18)12-21/h2-8,11,19,22H,9-10,13-14H2,1H3/t19-/m0/s1. The summed E-state index contributed by atoms with van der Waals surface area (Å²) in [6.45, 7) is 4.09. The van der Waals surface area contributed by atoms with Crippen molar-refractivity contribution in [1.29, 1.82) is 5.26 Å². The van der Waals surface area contributed by atoms with E-state index < -0.39 is 0 Å². The van der Waals surface area contributed by atoms with Gasteiger partial charge in [0.05, 0.1) is 17.7 Å². The number of nitriles is 1. The summed E-state index contributed by atoms with van der Waals surface area (Å²) in [5.41, 5.74) is 4.06. The molecule has 1 aliphatic rings. The Bertz CT molecular complexity index is 761. The van der Waals surface area contributed by atoms with E-state index in [-0.39, 0.29) is 11.9 Å². The average Bonchev–Trinajstić information content (AvgIpc) is 2.95. The quantitative estimate of drug-likeness (QED) is 0.922. The van der Waals surface area contributed by atoms with Gasteiger partial charge in [0, 0.05) is 19.6 Å². The lowest BCUT2D eigenvalue weighted by Crippen LogP contribution is -2.37. The summed E-state index contributed by atoms with van der Waals surface area (Å²) in [6.07, 6.45) is 0.822. The van der Waals surface area contributed by atoms with E-state index in [0.29, 0.717) is 18.7 Å². The van der Waals surface area contributed by atoms with Gasteiger partial charge < -0.3 is 10.2 Å². The minimum atomic E-state index is -0.120. The lowest BCUT2D eigenvalue weighted by Gasteiger charge is -2.17. The maximum Gasteiger partial charge on any atom is 0.240 e. The summed E-state index contributed by atoms with van der Waals surface area (Å²) >= 11 is 0. The summed E-state index contributed by atoms with van der Waals surface area (Å²) in [5, 5.41) is 12.3. The lowest BCUT2D eigenvalue weighted by molar-refractivity contribution is -0.129. The molecule has 1 atom stereocenters. The van der Waals surface area contributed by atoms with Crippen LogP contribution in [0.1, 0.15) is 28.7 Å². The van der Waals surface area contributed by atoms with Gasteiger partial charge in [0.1, 0.15) is 0 Å². The molecule has 1 fully saturated rings. The smallest absolute Gasteiger partial charge is 0.240 e. The van der Waals surface area contributed by atoms with Crippen LogP contribution in [0.4, 0.5) is 0 Å². The molecule has 1 aliphatic heterocycles. The number of amides is 1. The first kappa shape index (κ1) is 16.2. The second-order valence-electron chi connectivity index (χ2n) is 6.28. The highest BCUT2D eigenvalue weighted by Gasteiger charge is 2.30. The number of aryl methyl sites for hydroxylation is 1. The van der Waals surface area contributed by atoms with Gasteiger partial charge in [-0.05, 0) is 36.6 Å². The molecule has 122 valence electrons. The average molecular weight is 319 g/mol. The van der Waals surface area contributed by atoms with E-state index in [4.69, 9.17) is 5.26 Å². The van der Waals surface area contributed by atoms with E-state index in [1.54, 1.807) is 6.07 Å². The fourth-order valence-corrected chi connectivity index (χ4v) is 2.99. The van der Waals surface area contributed by atoms with Gasteiger partial charge in [0.25, 0.3) is 0 Å². The summed E-state index contributed by atoms with van der Waals surface area (Å²) in [6, 6.07) is 17.8. The van der Waals surface area contributed by atoms with Crippen molar-refractivity contribution in [2.45, 2.75) is 32.5 Å². The number of rotatable bonds is 5. The molecule has 1 saturated heterocycles. The molecule has 4 nitrogen and oxygen atoms in total. The zero-order valence-electron chi connectivity index (χ0n) is 13.8. The van der Waals surface area contributed by atoms with E-state index in [2.05, 4.69) is 42.6 Å². The molecule has 1 N–H and O–H groups in total. The van der Waals surface area contributed by atoms with Gasteiger partial charge in [0.15, 0.2) is 0 Å². The van der Waals surface area contributed by atoms with Crippen LogP contribution in [0.3, 0.4) is 0 Å². The van der Waals surface area contributed by atoms with E-state index in [0.717, 1.165) is 18.5 Å². The van der Waals surface area contributed by atoms with Crippen LogP contribution in [0.15, 0.2) is 48.5 Å². The molecular weight excluding hydrogens is 298 g/mol. The highest BCUT2D eigenvalue weighted by Crippen LogP contribution is 2.16. The minimum absolute atomic E-state index is 0.120. The summed E-state index contributed by atoms with van der Waals surface area (Å²) in [4.78, 5) is 14.4. The number of hydrogen-bond donors (Lipinski definition) is 1. The van der Waals surface area contributed by atoms with Gasteiger partial charge in [-0.1, -0.05) is 42.0 Å². The molecule has 0 aliphatic carbocycles. The summed E-state index contributed by atoms with van der Waals surface area (Å²) < 4.78 is 0. The second-order valence-corrected chi connectivity index (χ2v) is 6.28. The zero-order chi connectivity index (χ0) is 16.9. The van der Waals surface area contributed by atoms with Crippen LogP contribution in [0.25, 0.3) is 0 Å². The number of carbonyl (C=O) groups excluding carboxylic acids is 1. The zero-order valence-corrected chi connectivity index (χ0v) is 13.8. The molecule has 0 saturated carbocycles. The van der Waals surface area contributed by atoms with Crippen LogP contribution < -0.4 is 5.32 Å². The van der Waals surface area contributed by atoms with Crippen LogP contribution in [0.2, 0.25) is 0 Å². The first-order chi connectivity index (χ1) is 11.7. The predicted octanol–water partition coefficient (Wildman–Crippen LogP) is 2.76. The fourth-order valence-electron chi connectivity index (χ4n) is 2.99. The first-order valence-corrected chi connectivity index (χ1v) is 8.22. The van der Waals surface area contributed by atoms with Crippen molar-refractivity contribution in [1.82, 2.24) is 10.2 Å². The van der Waals surface area contributed by atoms with Gasteiger partial charge in [-0.2, -0.15) is 5.26 Å². The Balaban J connectivity index is 1.56. The molecule has 3 rings (SSSR count). The van der Waals surface area contributed by atoms with Crippen molar-refractivity contribution in [2.24, 2.45) is 0 Å². The van der Waals surface area contributed by atoms with Crippen molar-refractivity contribution >= 4 is 5.91 Å². The normalized spacial score (nSPS) is 17.1. The Kier molecular flexibility index (Phi) is 4.93. The predicted molar refractivity (Wildman–Crippen MR) is 93.0 cm³/mol. The molecule has 1 amide bonds. The van der Waals surface area contributed by atoms with E-state index in [9.17, 15) is 4.79 Å². The van der Waals surface area contributed by atoms with E-state index in [1.807, 2.05) is 23.1 Å². The third-order valence-electron chi connectivity index (χ3n) is 4.40. The number of carbonyl (C=O) groups is 1. The lowest BCUT2D eigenvalue weighted by atomic mass is 10.1. The van der Waals surface area contributed by atoms with Crippen molar-refractivity contribution in [3.05, 3.63) is 70.8 Å². The SMILES string of the molecule is Cc1ccc(CN[C@H]2CCN(Cc3cccc(C#N)c3)C2=O)cc1. The third kappa shape index (κ3) is 3.81. The van der Waals surface area contributed by atoms with Crippen LogP contribution in [0, 0.1) is 18.3 Å². The third-order valence-corrected chi connectivity index (χ3v) is 4.40. The summed E-state index contributed by atoms with van der Waals surface area (Å²) in [5.74, 6) is 0.143. The van der Waals surface area contributed by atoms with Crippen molar-refractivity contribution in [3.8, 4) is 6.07 Å². The van der Waals surface area contributed by atoms with Crippen molar-refractivity contribution in [3.63, 3.8) is 0 Å². The summed E-state index contributed by atoms with van der Waals surface area (Å²) in [7, 11) is 0. The Labute approximate surface area is 142 Å². The molecule has 1 heterocycles. The van der Waals surface area contributed by atoms with Gasteiger partial charge in [-0.3, -0.25) is 4.79 Å². The van der Waals surface area contributed by atoms with Crippen LogP contribution in [-0.2, 0) is 17.9 Å². The Morgan fingerprint density at radius 1 is 1.21 bits per heavy atom. The molecule has 24 heavy (non-hydrogen) atoms. The molecule has 0 spiro atoms. The number of nitrogens with one attached hydrogen (secondary N) is 1. The Hall–Kier alpha value is -2.64. The first-order valence-electron chi connectivity index (χ1n) is 8.22. The van der Waals surface area contributed by atoms with Crippen LogP contribution in [0.5, 0.6) is 0 Å². The van der Waals surface area contributed by atoms with Gasteiger partial charge in [-0.15, -0.1) is 0 Å². The monoisotopic (exact) mass is 319 g/mol. The highest BCUT2D eigenvalue weighted by atomic mass is 16.2. The molecule has 2 aromatic rings. The Morgan fingerprint density at radius 2 is 2.00 bits per heavy atom. The maximum atomic E-state index is 12.5. The molecule has 0 bridgehead atoms. The molecule has 0 aromatic heterocycles. The van der Waals surface area contributed by atoms with Crippen molar-refractivity contribution in [2.75, 3.05) is 6.54 Å². The van der Waals surface area contributed by atoms with Gasteiger partial charge in [-0.25, -0.2) is 0 Å². The van der Waals surface area contributed by atoms with Gasteiger partial charge >= 0.3 is 0 Å². The Morgan fingerprint density at radius 3 is 2.75 bits per heavy atom. The van der Waals surface area contributed by atoms with Crippen LogP contribution in [-0.4, -0.2) is 23.4 Å². The fraction of sp³-hybridized carbons (Fsp3) is 0.300. The van der Waals surface area contributed by atoms with Crippen molar-refractivity contribution < 1.29 is 4.79 Å². The number of likely N-dealkylation sites (tertiary alicyclic amines) is 1. The largest absolute Gasteiger partial charge is 0.337 e. The molecule has 0 unspecified atom stereocenters. The van der Waals surface area contributed by atoms with Gasteiger partial charge in [0.2, 0.25) is 5.91 Å². The van der Waals surface area contributed by atoms with E-state index >= 15 is 0 Å². The van der Waals surface area contributed by atoms with Crippen LogP contribution >= 0.6 is 0 Å². The number of nitrogens with zero attached hydrogens (tertiary/aromatic N) is 2. The molecule has 4 heteroatoms. The second kappa shape index (κ2) is 7.29. The van der Waals surface area contributed by atoms with E-state index in [1.165, 1.54) is 11.1 Å². The minimum Gasteiger partial charge on any atom is -0.337 e. The maximum absolute atomic E-state index is 12.5. The molecule has 0 radical (unpaired) electrons. The topological polar surface area (TPSA) is 56.1 Å². The molecule has 2 aromatic carbocycles. The number of hydrogen-bond acceptors (Lipinski definition) is 3. The highest BCUT2D eigenvalue weighted by molar-refractivity contribution is 5.84.